The molecule has 3 nitrogen and oxygen atoms in total. The molecule has 4 heteroatoms. The number of rotatable bonds is 8. The van der Waals surface area contributed by atoms with Gasteiger partial charge in [0.25, 0.3) is 0 Å². The van der Waals surface area contributed by atoms with Crippen LogP contribution in [0.2, 0.25) is 5.02 Å². The van der Waals surface area contributed by atoms with Crippen LogP contribution in [0, 0.1) is 0 Å². The second-order valence-corrected chi connectivity index (χ2v) is 11.7. The number of nitrogens with zero attached hydrogens (tertiary/aromatic N) is 3. The Labute approximate surface area is 255 Å². The minimum Gasteiger partial charge on any atom is -0.378 e. The predicted octanol–water partition coefficient (Wildman–Crippen LogP) is 11.4. The molecule has 5 aromatic rings. The Morgan fingerprint density at radius 3 is 1.29 bits per heavy atom. The highest BCUT2D eigenvalue weighted by Crippen LogP contribution is 2.49. The summed E-state index contributed by atoms with van der Waals surface area (Å²) in [4.78, 5) is 6.74. The van der Waals surface area contributed by atoms with Crippen LogP contribution in [0.1, 0.15) is 43.6 Å². The molecule has 42 heavy (non-hydrogen) atoms. The molecule has 0 heterocycles. The van der Waals surface area contributed by atoms with Crippen LogP contribution in [0.15, 0.2) is 127 Å². The predicted molar refractivity (Wildman–Crippen MR) is 181 cm³/mol. The summed E-state index contributed by atoms with van der Waals surface area (Å²) in [6.45, 7) is 0. The van der Waals surface area contributed by atoms with E-state index in [1.807, 2.05) is 0 Å². The Kier molecular flexibility index (Phi) is 8.48. The minimum absolute atomic E-state index is 0.510. The number of anilines is 7. The molecule has 0 spiro atoms. The summed E-state index contributed by atoms with van der Waals surface area (Å²) < 4.78 is 0. The first kappa shape index (κ1) is 27.9. The zero-order valence-corrected chi connectivity index (χ0v) is 25.2. The molecule has 1 aliphatic carbocycles. The van der Waals surface area contributed by atoms with Crippen molar-refractivity contribution in [2.75, 3.05) is 28.8 Å². The maximum Gasteiger partial charge on any atom is 0.0887 e. The lowest BCUT2D eigenvalue weighted by molar-refractivity contribution is 0.444. The molecule has 212 valence electrons. The molecule has 0 atom stereocenters. The molecule has 0 bridgehead atoms. The number of para-hydroxylation sites is 3. The first-order valence-electron chi connectivity index (χ1n) is 15.0. The Bertz CT molecular complexity index is 1540. The first-order chi connectivity index (χ1) is 20.6. The van der Waals surface area contributed by atoms with Crippen LogP contribution in [-0.4, -0.2) is 14.1 Å². The van der Waals surface area contributed by atoms with Crippen molar-refractivity contribution in [3.8, 4) is 0 Å². The molecule has 1 saturated carbocycles. The van der Waals surface area contributed by atoms with Gasteiger partial charge >= 0.3 is 0 Å². The van der Waals surface area contributed by atoms with Crippen LogP contribution in [0.3, 0.4) is 0 Å². The van der Waals surface area contributed by atoms with E-state index in [0.29, 0.717) is 5.92 Å². The molecule has 0 amide bonds. The third-order valence-electron chi connectivity index (χ3n) is 8.28. The van der Waals surface area contributed by atoms with Gasteiger partial charge in [0, 0.05) is 42.5 Å². The van der Waals surface area contributed by atoms with Gasteiger partial charge in [0.15, 0.2) is 0 Å². The second-order valence-electron chi connectivity index (χ2n) is 11.3. The lowest BCUT2D eigenvalue weighted by Crippen LogP contribution is -2.16. The SMILES string of the molecule is CN(C)c1ccc(N(c2ccccc2)c2cc(C3CCCCC3)cc(N(c3ccccc3)c3ccccc3)c2Cl)cc1. The number of halogens is 1. The third-order valence-corrected chi connectivity index (χ3v) is 8.67. The number of hydrogen-bond donors (Lipinski definition) is 0. The van der Waals surface area contributed by atoms with E-state index in [0.717, 1.165) is 44.8 Å². The smallest absolute Gasteiger partial charge is 0.0887 e. The highest BCUT2D eigenvalue weighted by atomic mass is 35.5. The molecular weight excluding hydrogens is 534 g/mol. The van der Waals surface area contributed by atoms with Gasteiger partial charge in [-0.15, -0.1) is 0 Å². The summed E-state index contributed by atoms with van der Waals surface area (Å²) in [5.41, 5.74) is 8.83. The fourth-order valence-electron chi connectivity index (χ4n) is 6.10. The fraction of sp³-hybridized carbons (Fsp3) is 0.211. The van der Waals surface area contributed by atoms with Crippen LogP contribution in [-0.2, 0) is 0 Å². The van der Waals surface area contributed by atoms with Crippen molar-refractivity contribution < 1.29 is 0 Å². The van der Waals surface area contributed by atoms with Crippen molar-refractivity contribution in [3.05, 3.63) is 138 Å². The molecule has 0 saturated heterocycles. The zero-order chi connectivity index (χ0) is 28.9. The summed E-state index contributed by atoms with van der Waals surface area (Å²) >= 11 is 7.60. The molecule has 0 unspecified atom stereocenters. The normalized spacial score (nSPS) is 13.5. The molecule has 6 rings (SSSR count). The van der Waals surface area contributed by atoms with Crippen molar-refractivity contribution in [2.24, 2.45) is 0 Å². The Balaban J connectivity index is 1.60. The molecule has 1 aliphatic rings. The fourth-order valence-corrected chi connectivity index (χ4v) is 6.38. The summed E-state index contributed by atoms with van der Waals surface area (Å²) in [7, 11) is 4.14. The Morgan fingerprint density at radius 2 is 0.881 bits per heavy atom. The Morgan fingerprint density at radius 1 is 0.500 bits per heavy atom. The lowest BCUT2D eigenvalue weighted by atomic mass is 9.83. The highest BCUT2D eigenvalue weighted by Gasteiger charge is 2.26. The zero-order valence-electron chi connectivity index (χ0n) is 24.5. The third kappa shape index (κ3) is 5.89. The van der Waals surface area contributed by atoms with Crippen LogP contribution in [0.4, 0.5) is 39.8 Å². The van der Waals surface area contributed by atoms with Crippen LogP contribution < -0.4 is 14.7 Å². The van der Waals surface area contributed by atoms with Gasteiger partial charge in [-0.2, -0.15) is 0 Å². The van der Waals surface area contributed by atoms with E-state index in [1.54, 1.807) is 0 Å². The van der Waals surface area contributed by atoms with Gasteiger partial charge in [-0.1, -0.05) is 85.5 Å². The highest BCUT2D eigenvalue weighted by molar-refractivity contribution is 6.36. The maximum atomic E-state index is 7.60. The van der Waals surface area contributed by atoms with Gasteiger partial charge in [0.05, 0.1) is 16.4 Å². The van der Waals surface area contributed by atoms with Gasteiger partial charge in [-0.25, -0.2) is 0 Å². The summed E-state index contributed by atoms with van der Waals surface area (Å²) in [5.74, 6) is 0.510. The van der Waals surface area contributed by atoms with Crippen molar-refractivity contribution in [1.82, 2.24) is 0 Å². The van der Waals surface area contributed by atoms with Crippen molar-refractivity contribution >= 4 is 51.4 Å². The standard InChI is InChI=1S/C38H38ClN3/c1-40(2)31-23-25-35(26-24-31)42(34-21-13-6-14-22-34)37-28-30(29-15-7-3-8-16-29)27-36(38(37)39)41(32-17-9-4-10-18-32)33-19-11-5-12-20-33/h4-6,9-14,17-29H,3,7-8,15-16H2,1-2H3. The van der Waals surface area contributed by atoms with E-state index in [-0.39, 0.29) is 0 Å². The van der Waals surface area contributed by atoms with E-state index in [1.165, 1.54) is 37.7 Å². The van der Waals surface area contributed by atoms with Crippen LogP contribution >= 0.6 is 11.6 Å². The minimum atomic E-state index is 0.510. The number of hydrogen-bond acceptors (Lipinski definition) is 3. The molecule has 0 radical (unpaired) electrons. The molecular formula is C38H38ClN3. The van der Waals surface area contributed by atoms with E-state index in [9.17, 15) is 0 Å². The summed E-state index contributed by atoms with van der Waals surface area (Å²) in [6.07, 6.45) is 6.28. The van der Waals surface area contributed by atoms with E-state index in [2.05, 4.69) is 156 Å². The Hall–Kier alpha value is -4.21. The first-order valence-corrected chi connectivity index (χ1v) is 15.3. The van der Waals surface area contributed by atoms with Crippen LogP contribution in [0.5, 0.6) is 0 Å². The molecule has 0 aromatic heterocycles. The van der Waals surface area contributed by atoms with Gasteiger partial charge in [0.1, 0.15) is 0 Å². The van der Waals surface area contributed by atoms with Crippen molar-refractivity contribution in [3.63, 3.8) is 0 Å². The largest absolute Gasteiger partial charge is 0.378 e. The summed E-state index contributed by atoms with van der Waals surface area (Å²) in [5, 5.41) is 0.725. The average Bonchev–Trinajstić information content (AvgIpc) is 3.05. The van der Waals surface area contributed by atoms with E-state index < -0.39 is 0 Å². The number of benzene rings is 5. The molecule has 0 aliphatic heterocycles. The van der Waals surface area contributed by atoms with Gasteiger partial charge in [-0.05, 0) is 97.1 Å². The summed E-state index contributed by atoms with van der Waals surface area (Å²) in [6, 6.07) is 45.1. The molecule has 0 N–H and O–H groups in total. The van der Waals surface area contributed by atoms with E-state index in [4.69, 9.17) is 11.6 Å². The maximum absolute atomic E-state index is 7.60. The molecule has 1 fully saturated rings. The molecule has 5 aromatic carbocycles. The van der Waals surface area contributed by atoms with Crippen molar-refractivity contribution in [1.29, 1.82) is 0 Å². The van der Waals surface area contributed by atoms with Crippen molar-refractivity contribution in [2.45, 2.75) is 38.0 Å². The quantitative estimate of drug-likeness (QED) is 0.183. The topological polar surface area (TPSA) is 9.72 Å². The second kappa shape index (κ2) is 12.8. The average molecular weight is 572 g/mol. The van der Waals surface area contributed by atoms with Gasteiger partial charge < -0.3 is 14.7 Å². The van der Waals surface area contributed by atoms with Crippen LogP contribution in [0.25, 0.3) is 0 Å². The monoisotopic (exact) mass is 571 g/mol. The lowest BCUT2D eigenvalue weighted by Gasteiger charge is -2.33. The van der Waals surface area contributed by atoms with Gasteiger partial charge in [-0.3, -0.25) is 0 Å². The van der Waals surface area contributed by atoms with E-state index >= 15 is 0 Å². The van der Waals surface area contributed by atoms with Gasteiger partial charge in [0.2, 0.25) is 0 Å².